The molecule has 1 saturated carbocycles. The third-order valence-electron chi connectivity index (χ3n) is 3.14. The van der Waals surface area contributed by atoms with Crippen LogP contribution in [0, 0.1) is 5.92 Å². The lowest BCUT2D eigenvalue weighted by atomic mass is 10.2. The molecular formula is C12H10F3N3O. The van der Waals surface area contributed by atoms with Crippen LogP contribution in [0.4, 0.5) is 19.0 Å². The second-order valence-electron chi connectivity index (χ2n) is 4.65. The topological polar surface area (TPSA) is 45.6 Å². The van der Waals surface area contributed by atoms with E-state index in [0.29, 0.717) is 12.1 Å². The smallest absolute Gasteiger partial charge is 0.272 e. The quantitative estimate of drug-likeness (QED) is 0.828. The van der Waals surface area contributed by atoms with E-state index >= 15 is 0 Å². The van der Waals surface area contributed by atoms with E-state index in [1.165, 1.54) is 6.07 Å². The van der Waals surface area contributed by atoms with Gasteiger partial charge in [-0.25, -0.2) is 4.98 Å². The van der Waals surface area contributed by atoms with Gasteiger partial charge >= 0.3 is 6.18 Å². The van der Waals surface area contributed by atoms with Crippen molar-refractivity contribution in [1.29, 1.82) is 0 Å². The van der Waals surface area contributed by atoms with Gasteiger partial charge in [0.05, 0.1) is 17.7 Å². The number of hydrogen-bond acceptors (Lipinski definition) is 3. The second-order valence-corrected chi connectivity index (χ2v) is 4.65. The van der Waals surface area contributed by atoms with Crippen molar-refractivity contribution in [3.05, 3.63) is 23.9 Å². The average molecular weight is 269 g/mol. The minimum absolute atomic E-state index is 0.133. The molecule has 19 heavy (non-hydrogen) atoms. The Morgan fingerprint density at radius 3 is 2.53 bits per heavy atom. The van der Waals surface area contributed by atoms with Gasteiger partial charge in [0.2, 0.25) is 0 Å². The average Bonchev–Trinajstić information content (AvgIpc) is 3.12. The summed E-state index contributed by atoms with van der Waals surface area (Å²) in [5.41, 5.74) is -0.0269. The molecule has 1 aromatic rings. The molecule has 0 radical (unpaired) electrons. The van der Waals surface area contributed by atoms with E-state index in [9.17, 15) is 18.0 Å². The van der Waals surface area contributed by atoms with E-state index < -0.39 is 11.7 Å². The van der Waals surface area contributed by atoms with Crippen LogP contribution in [-0.4, -0.2) is 16.6 Å². The molecule has 0 spiro atoms. The van der Waals surface area contributed by atoms with Gasteiger partial charge in [0.1, 0.15) is 0 Å². The fourth-order valence-corrected chi connectivity index (χ4v) is 1.95. The van der Waals surface area contributed by atoms with Crippen LogP contribution in [0.2, 0.25) is 0 Å². The predicted octanol–water partition coefficient (Wildman–Crippen LogP) is 2.60. The van der Waals surface area contributed by atoms with Crippen molar-refractivity contribution in [2.45, 2.75) is 25.4 Å². The Morgan fingerprint density at radius 1 is 1.26 bits per heavy atom. The van der Waals surface area contributed by atoms with Gasteiger partial charge in [0, 0.05) is 6.20 Å². The number of amides is 1. The Morgan fingerprint density at radius 2 is 2.00 bits per heavy atom. The molecule has 1 aliphatic carbocycles. The molecule has 4 nitrogen and oxygen atoms in total. The number of pyridine rings is 1. The number of carbonyl (C=O) groups is 1. The lowest BCUT2D eigenvalue weighted by Crippen LogP contribution is -2.21. The highest BCUT2D eigenvalue weighted by atomic mass is 19.4. The number of hydrogen-bond donors (Lipinski definition) is 0. The van der Waals surface area contributed by atoms with E-state index in [0.717, 1.165) is 29.6 Å². The number of rotatable bonds is 2. The number of nitrogens with zero attached hydrogens (tertiary/aromatic N) is 3. The number of alkyl halides is 3. The lowest BCUT2D eigenvalue weighted by molar-refractivity contribution is -0.137. The van der Waals surface area contributed by atoms with Crippen LogP contribution in [0.25, 0.3) is 0 Å². The first kappa shape index (κ1) is 12.1. The van der Waals surface area contributed by atoms with Crippen molar-refractivity contribution in [2.75, 3.05) is 5.01 Å². The zero-order valence-corrected chi connectivity index (χ0v) is 9.81. The number of halogens is 3. The third kappa shape index (κ3) is 2.32. The summed E-state index contributed by atoms with van der Waals surface area (Å²) in [6.07, 6.45) is -1.41. The molecule has 1 amide bonds. The van der Waals surface area contributed by atoms with Crippen molar-refractivity contribution in [1.82, 2.24) is 4.98 Å². The maximum atomic E-state index is 12.4. The summed E-state index contributed by atoms with van der Waals surface area (Å²) < 4.78 is 37.2. The highest BCUT2D eigenvalue weighted by Gasteiger charge is 2.36. The summed E-state index contributed by atoms with van der Waals surface area (Å²) in [7, 11) is 0. The molecular weight excluding hydrogens is 259 g/mol. The second kappa shape index (κ2) is 4.04. The fourth-order valence-electron chi connectivity index (χ4n) is 1.95. The van der Waals surface area contributed by atoms with Crippen molar-refractivity contribution >= 4 is 17.4 Å². The molecule has 0 atom stereocenters. The van der Waals surface area contributed by atoms with Crippen molar-refractivity contribution < 1.29 is 18.0 Å². The molecule has 100 valence electrons. The molecule has 1 aliphatic heterocycles. The SMILES string of the molecule is O=C1CC(C2CC2)=NN1c1ccc(C(F)(F)F)cn1. The van der Waals surface area contributed by atoms with Crippen molar-refractivity contribution in [3.8, 4) is 0 Å². The lowest BCUT2D eigenvalue weighted by Gasteiger charge is -2.11. The number of carbonyl (C=O) groups excluding carboxylic acids is 1. The minimum Gasteiger partial charge on any atom is -0.272 e. The summed E-state index contributed by atoms with van der Waals surface area (Å²) in [4.78, 5) is 15.4. The van der Waals surface area contributed by atoms with Gasteiger partial charge in [-0.3, -0.25) is 4.79 Å². The van der Waals surface area contributed by atoms with E-state index in [1.807, 2.05) is 0 Å². The van der Waals surface area contributed by atoms with E-state index in [1.54, 1.807) is 0 Å². The molecule has 1 fully saturated rings. The molecule has 1 aromatic heterocycles. The first-order valence-electron chi connectivity index (χ1n) is 5.89. The predicted molar refractivity (Wildman–Crippen MR) is 61.5 cm³/mol. The molecule has 0 saturated heterocycles. The summed E-state index contributed by atoms with van der Waals surface area (Å²) in [5, 5.41) is 5.24. The maximum absolute atomic E-state index is 12.4. The van der Waals surface area contributed by atoms with Gasteiger partial charge in [-0.15, -0.1) is 0 Å². The normalized spacial score (nSPS) is 19.8. The summed E-state index contributed by atoms with van der Waals surface area (Å²) in [5.74, 6) is 0.256. The molecule has 7 heteroatoms. The summed E-state index contributed by atoms with van der Waals surface area (Å²) in [6, 6.07) is 2.07. The molecule has 3 rings (SSSR count). The largest absolute Gasteiger partial charge is 0.417 e. The van der Waals surface area contributed by atoms with Crippen LogP contribution >= 0.6 is 0 Å². The monoisotopic (exact) mass is 269 g/mol. The molecule has 2 heterocycles. The minimum atomic E-state index is -4.43. The fraction of sp³-hybridized carbons (Fsp3) is 0.417. The zero-order valence-electron chi connectivity index (χ0n) is 9.81. The Bertz CT molecular complexity index is 546. The molecule has 0 N–H and O–H groups in total. The van der Waals surface area contributed by atoms with E-state index in [2.05, 4.69) is 10.1 Å². The van der Waals surface area contributed by atoms with E-state index in [-0.39, 0.29) is 18.1 Å². The first-order valence-corrected chi connectivity index (χ1v) is 5.89. The maximum Gasteiger partial charge on any atom is 0.417 e. The Labute approximate surface area is 106 Å². The summed E-state index contributed by atoms with van der Waals surface area (Å²) in [6.45, 7) is 0. The molecule has 2 aliphatic rings. The summed E-state index contributed by atoms with van der Waals surface area (Å²) >= 11 is 0. The zero-order chi connectivity index (χ0) is 13.6. The Hall–Kier alpha value is -1.92. The van der Waals surface area contributed by atoms with Crippen LogP contribution in [0.15, 0.2) is 23.4 Å². The van der Waals surface area contributed by atoms with Crippen LogP contribution in [-0.2, 0) is 11.0 Å². The first-order chi connectivity index (χ1) is 8.95. The standard InChI is InChI=1S/C12H10F3N3O/c13-12(14,15)8-3-4-10(16-6-8)18-11(19)5-9(17-18)7-1-2-7/h3-4,6-7H,1-2,5H2. The van der Waals surface area contributed by atoms with Gasteiger partial charge < -0.3 is 0 Å². The van der Waals surface area contributed by atoms with Gasteiger partial charge in [-0.2, -0.15) is 23.3 Å². The van der Waals surface area contributed by atoms with Crippen LogP contribution in [0.3, 0.4) is 0 Å². The van der Waals surface area contributed by atoms with E-state index in [4.69, 9.17) is 0 Å². The number of anilines is 1. The van der Waals surface area contributed by atoms with Gasteiger partial charge in [-0.1, -0.05) is 0 Å². The van der Waals surface area contributed by atoms with Crippen molar-refractivity contribution in [2.24, 2.45) is 11.0 Å². The Balaban J connectivity index is 1.84. The number of aromatic nitrogens is 1. The van der Waals surface area contributed by atoms with Crippen LogP contribution < -0.4 is 5.01 Å². The van der Waals surface area contributed by atoms with Crippen LogP contribution in [0.5, 0.6) is 0 Å². The highest BCUT2D eigenvalue weighted by molar-refractivity contribution is 6.13. The van der Waals surface area contributed by atoms with Gasteiger partial charge in [0.25, 0.3) is 5.91 Å². The highest BCUT2D eigenvalue weighted by Crippen LogP contribution is 2.35. The molecule has 0 bridgehead atoms. The van der Waals surface area contributed by atoms with Crippen LogP contribution in [0.1, 0.15) is 24.8 Å². The van der Waals surface area contributed by atoms with Gasteiger partial charge in [-0.05, 0) is 30.9 Å². The molecule has 0 unspecified atom stereocenters. The Kier molecular flexibility index (Phi) is 2.58. The van der Waals surface area contributed by atoms with Gasteiger partial charge in [0.15, 0.2) is 5.82 Å². The number of hydrazone groups is 1. The third-order valence-corrected chi connectivity index (χ3v) is 3.14. The van der Waals surface area contributed by atoms with Crippen molar-refractivity contribution in [3.63, 3.8) is 0 Å². The molecule has 0 aromatic carbocycles.